The molecular formula is C29H33ClFN3O4S. The molecule has 39 heavy (non-hydrogen) atoms. The molecule has 7 nitrogen and oxygen atoms in total. The van der Waals surface area contributed by atoms with Gasteiger partial charge in [-0.25, -0.2) is 12.8 Å². The quantitative estimate of drug-likeness (QED) is 0.360. The highest BCUT2D eigenvalue weighted by Crippen LogP contribution is 2.30. The maximum atomic E-state index is 13.9. The zero-order valence-corrected chi connectivity index (χ0v) is 24.2. The third kappa shape index (κ3) is 7.58. The van der Waals surface area contributed by atoms with E-state index in [1.165, 1.54) is 47.4 Å². The second-order valence-electron chi connectivity index (χ2n) is 9.74. The summed E-state index contributed by atoms with van der Waals surface area (Å²) < 4.78 is 42.4. The molecule has 1 unspecified atom stereocenters. The number of hydrogen-bond acceptors (Lipinski definition) is 4. The van der Waals surface area contributed by atoms with Gasteiger partial charge in [-0.05, 0) is 82.1 Å². The van der Waals surface area contributed by atoms with Crippen LogP contribution in [0, 0.1) is 19.7 Å². The molecule has 0 saturated heterocycles. The molecule has 3 rings (SSSR count). The molecule has 0 aliphatic rings. The van der Waals surface area contributed by atoms with Crippen LogP contribution < -0.4 is 9.62 Å². The minimum atomic E-state index is -4.21. The first-order chi connectivity index (χ1) is 18.3. The predicted molar refractivity (Wildman–Crippen MR) is 152 cm³/mol. The molecule has 1 N–H and O–H groups in total. The van der Waals surface area contributed by atoms with Crippen molar-refractivity contribution in [3.8, 4) is 0 Å². The standard InChI is InChI=1S/C29H33ClFN3O4S/c1-19(2)32-29(36)22(5)33(17-23-9-12-25(31)13-10-23)28(35)18-34(27-16-24(30)11-8-21(27)4)39(37,38)26-14-6-20(3)7-15-26/h6-16,19,22H,17-18H2,1-5H3,(H,32,36). The number of halogens is 2. The summed E-state index contributed by atoms with van der Waals surface area (Å²) in [6, 6.07) is 15.6. The Balaban J connectivity index is 2.07. The summed E-state index contributed by atoms with van der Waals surface area (Å²) in [7, 11) is -4.21. The number of anilines is 1. The summed E-state index contributed by atoms with van der Waals surface area (Å²) in [5, 5.41) is 3.10. The van der Waals surface area contributed by atoms with Crippen LogP contribution in [0.5, 0.6) is 0 Å². The lowest BCUT2D eigenvalue weighted by molar-refractivity contribution is -0.139. The molecule has 1 atom stereocenters. The van der Waals surface area contributed by atoms with E-state index in [1.807, 2.05) is 6.92 Å². The van der Waals surface area contributed by atoms with E-state index < -0.39 is 40.2 Å². The largest absolute Gasteiger partial charge is 0.352 e. The highest BCUT2D eigenvalue weighted by Gasteiger charge is 2.33. The van der Waals surface area contributed by atoms with Gasteiger partial charge in [0.2, 0.25) is 11.8 Å². The minimum Gasteiger partial charge on any atom is -0.352 e. The number of nitrogens with one attached hydrogen (secondary N) is 1. The van der Waals surface area contributed by atoms with Crippen molar-refractivity contribution in [1.29, 1.82) is 0 Å². The maximum Gasteiger partial charge on any atom is 0.264 e. The molecule has 0 heterocycles. The highest BCUT2D eigenvalue weighted by atomic mass is 35.5. The Morgan fingerprint density at radius 1 is 0.949 bits per heavy atom. The van der Waals surface area contributed by atoms with Crippen LogP contribution in [0.2, 0.25) is 5.02 Å². The summed E-state index contributed by atoms with van der Waals surface area (Å²) in [4.78, 5) is 28.1. The van der Waals surface area contributed by atoms with Crippen molar-refractivity contribution in [1.82, 2.24) is 10.2 Å². The van der Waals surface area contributed by atoms with Gasteiger partial charge in [0, 0.05) is 17.6 Å². The molecule has 208 valence electrons. The van der Waals surface area contributed by atoms with Gasteiger partial charge in [0.05, 0.1) is 10.6 Å². The second-order valence-corrected chi connectivity index (χ2v) is 12.0. The molecule has 0 radical (unpaired) electrons. The third-order valence-electron chi connectivity index (χ3n) is 6.19. The fourth-order valence-corrected chi connectivity index (χ4v) is 5.61. The smallest absolute Gasteiger partial charge is 0.264 e. The van der Waals surface area contributed by atoms with Gasteiger partial charge in [0.25, 0.3) is 10.0 Å². The van der Waals surface area contributed by atoms with Crippen molar-refractivity contribution in [2.75, 3.05) is 10.8 Å². The first-order valence-corrected chi connectivity index (χ1v) is 14.3. The summed E-state index contributed by atoms with van der Waals surface area (Å²) in [6.45, 7) is 8.13. The predicted octanol–water partition coefficient (Wildman–Crippen LogP) is 5.23. The molecule has 3 aromatic carbocycles. The van der Waals surface area contributed by atoms with E-state index in [0.29, 0.717) is 16.1 Å². The van der Waals surface area contributed by atoms with E-state index in [2.05, 4.69) is 5.32 Å². The molecule has 0 fully saturated rings. The van der Waals surface area contributed by atoms with E-state index in [0.717, 1.165) is 9.87 Å². The van der Waals surface area contributed by atoms with E-state index in [1.54, 1.807) is 52.0 Å². The monoisotopic (exact) mass is 573 g/mol. The fraction of sp³-hybridized carbons (Fsp3) is 0.310. The van der Waals surface area contributed by atoms with E-state index in [9.17, 15) is 22.4 Å². The Labute approximate surface area is 234 Å². The number of carbonyl (C=O) groups excluding carboxylic acids is 2. The van der Waals surface area contributed by atoms with Crippen LogP contribution in [0.25, 0.3) is 0 Å². The molecule has 0 bridgehead atoms. The van der Waals surface area contributed by atoms with E-state index in [-0.39, 0.29) is 23.2 Å². The van der Waals surface area contributed by atoms with Gasteiger partial charge in [-0.15, -0.1) is 0 Å². The number of carbonyl (C=O) groups is 2. The van der Waals surface area contributed by atoms with Crippen LogP contribution >= 0.6 is 11.6 Å². The van der Waals surface area contributed by atoms with Crippen molar-refractivity contribution in [3.63, 3.8) is 0 Å². The minimum absolute atomic E-state index is 0.0101. The van der Waals surface area contributed by atoms with Crippen molar-refractivity contribution >= 4 is 39.1 Å². The van der Waals surface area contributed by atoms with Crippen LogP contribution in [0.4, 0.5) is 10.1 Å². The summed E-state index contributed by atoms with van der Waals surface area (Å²) >= 11 is 6.24. The van der Waals surface area contributed by atoms with Crippen LogP contribution in [0.3, 0.4) is 0 Å². The average Bonchev–Trinajstić information content (AvgIpc) is 2.87. The van der Waals surface area contributed by atoms with Crippen LogP contribution in [0.1, 0.15) is 37.5 Å². The topological polar surface area (TPSA) is 86.8 Å². The van der Waals surface area contributed by atoms with E-state index in [4.69, 9.17) is 11.6 Å². The van der Waals surface area contributed by atoms with Gasteiger partial charge in [0.15, 0.2) is 0 Å². The van der Waals surface area contributed by atoms with Gasteiger partial charge < -0.3 is 10.2 Å². The van der Waals surface area contributed by atoms with Gasteiger partial charge >= 0.3 is 0 Å². The summed E-state index contributed by atoms with van der Waals surface area (Å²) in [6.07, 6.45) is 0. The number of nitrogens with zero attached hydrogens (tertiary/aromatic N) is 2. The molecular weight excluding hydrogens is 541 g/mol. The lowest BCUT2D eigenvalue weighted by Crippen LogP contribution is -2.52. The first-order valence-electron chi connectivity index (χ1n) is 12.5. The summed E-state index contributed by atoms with van der Waals surface area (Å²) in [5.74, 6) is -1.44. The molecule has 0 spiro atoms. The van der Waals surface area contributed by atoms with E-state index >= 15 is 0 Å². The van der Waals surface area contributed by atoms with Crippen LogP contribution in [0.15, 0.2) is 71.6 Å². The second kappa shape index (κ2) is 12.6. The SMILES string of the molecule is Cc1ccc(S(=O)(=O)N(CC(=O)N(Cc2ccc(F)cc2)C(C)C(=O)NC(C)C)c2cc(Cl)ccc2C)cc1. The lowest BCUT2D eigenvalue weighted by Gasteiger charge is -2.32. The van der Waals surface area contributed by atoms with Crippen LogP contribution in [-0.4, -0.2) is 43.8 Å². The number of aryl methyl sites for hydroxylation is 2. The highest BCUT2D eigenvalue weighted by molar-refractivity contribution is 7.92. The van der Waals surface area contributed by atoms with Gasteiger partial charge in [-0.3, -0.25) is 13.9 Å². The molecule has 0 saturated carbocycles. The van der Waals surface area contributed by atoms with Crippen LogP contribution in [-0.2, 0) is 26.2 Å². The Kier molecular flexibility index (Phi) is 9.74. The summed E-state index contributed by atoms with van der Waals surface area (Å²) in [5.41, 5.74) is 2.31. The molecule has 0 aliphatic carbocycles. The number of sulfonamides is 1. The molecule has 10 heteroatoms. The Morgan fingerprint density at radius 2 is 1.56 bits per heavy atom. The Bertz CT molecular complexity index is 1430. The normalized spacial score (nSPS) is 12.2. The number of rotatable bonds is 10. The average molecular weight is 574 g/mol. The molecule has 0 aliphatic heterocycles. The van der Waals surface area contributed by atoms with Gasteiger partial charge in [-0.1, -0.05) is 47.5 Å². The lowest BCUT2D eigenvalue weighted by atomic mass is 10.1. The van der Waals surface area contributed by atoms with Crippen molar-refractivity contribution in [3.05, 3.63) is 94.3 Å². The van der Waals surface area contributed by atoms with Gasteiger partial charge in [0.1, 0.15) is 18.4 Å². The molecule has 0 aromatic heterocycles. The zero-order chi connectivity index (χ0) is 28.9. The maximum absolute atomic E-state index is 13.9. The molecule has 2 amide bonds. The first kappa shape index (κ1) is 30.1. The number of benzene rings is 3. The van der Waals surface area contributed by atoms with Crippen molar-refractivity contribution in [2.45, 2.75) is 58.1 Å². The molecule has 3 aromatic rings. The Morgan fingerprint density at radius 3 is 2.15 bits per heavy atom. The third-order valence-corrected chi connectivity index (χ3v) is 8.20. The Hall–Kier alpha value is -3.43. The van der Waals surface area contributed by atoms with Crippen molar-refractivity contribution < 1.29 is 22.4 Å². The van der Waals surface area contributed by atoms with Crippen molar-refractivity contribution in [2.24, 2.45) is 0 Å². The zero-order valence-electron chi connectivity index (χ0n) is 22.6. The number of hydrogen-bond donors (Lipinski definition) is 1. The fourth-order valence-electron chi connectivity index (χ4n) is 3.98. The number of amides is 2. The van der Waals surface area contributed by atoms with Gasteiger partial charge in [-0.2, -0.15) is 0 Å².